The van der Waals surface area contributed by atoms with Gasteiger partial charge in [-0.2, -0.15) is 0 Å². The second-order valence-electron chi connectivity index (χ2n) is 5.54. The Balaban J connectivity index is 0.00000243. The predicted molar refractivity (Wildman–Crippen MR) is 111 cm³/mol. The highest BCUT2D eigenvalue weighted by atomic mass is 35.5. The van der Waals surface area contributed by atoms with Crippen LogP contribution in [0.25, 0.3) is 10.2 Å². The van der Waals surface area contributed by atoms with E-state index in [2.05, 4.69) is 23.7 Å². The summed E-state index contributed by atoms with van der Waals surface area (Å²) in [4.78, 5) is 21.9. The molecular formula is C18H21ClFN3OS2. The third kappa shape index (κ3) is 4.40. The number of thiophene rings is 1. The molecule has 0 fully saturated rings. The summed E-state index contributed by atoms with van der Waals surface area (Å²) in [7, 11) is 0. The zero-order valence-corrected chi connectivity index (χ0v) is 17.1. The highest BCUT2D eigenvalue weighted by Crippen LogP contribution is 2.31. The van der Waals surface area contributed by atoms with Crippen LogP contribution in [0.5, 0.6) is 0 Å². The number of para-hydroxylation sites is 1. The van der Waals surface area contributed by atoms with Crippen molar-refractivity contribution in [3.8, 4) is 0 Å². The number of carbonyl (C=O) groups is 1. The highest BCUT2D eigenvalue weighted by Gasteiger charge is 2.23. The van der Waals surface area contributed by atoms with E-state index in [4.69, 9.17) is 0 Å². The topological polar surface area (TPSA) is 36.4 Å². The number of amides is 1. The number of thiazole rings is 1. The molecule has 2 heterocycles. The van der Waals surface area contributed by atoms with Gasteiger partial charge in [-0.15, -0.1) is 23.7 Å². The predicted octanol–water partition coefficient (Wildman–Crippen LogP) is 4.91. The highest BCUT2D eigenvalue weighted by molar-refractivity contribution is 7.22. The van der Waals surface area contributed by atoms with Gasteiger partial charge in [0.15, 0.2) is 5.13 Å². The van der Waals surface area contributed by atoms with Crippen LogP contribution in [0.15, 0.2) is 35.7 Å². The number of carbonyl (C=O) groups excluding carboxylic acids is 1. The lowest BCUT2D eigenvalue weighted by molar-refractivity contribution is 0.0987. The van der Waals surface area contributed by atoms with Gasteiger partial charge in [0.2, 0.25) is 0 Å². The number of halogens is 2. The molecule has 0 aliphatic rings. The molecule has 0 saturated heterocycles. The van der Waals surface area contributed by atoms with E-state index in [1.165, 1.54) is 28.7 Å². The smallest absolute Gasteiger partial charge is 0.270 e. The first-order valence-corrected chi connectivity index (χ1v) is 9.96. The lowest BCUT2D eigenvalue weighted by atomic mass is 10.3. The van der Waals surface area contributed by atoms with Crippen molar-refractivity contribution in [1.82, 2.24) is 9.88 Å². The Hall–Kier alpha value is -1.54. The molecule has 2 aromatic heterocycles. The number of benzene rings is 1. The van der Waals surface area contributed by atoms with Gasteiger partial charge < -0.3 is 4.90 Å². The Bertz CT molecular complexity index is 849. The quantitative estimate of drug-likeness (QED) is 0.552. The van der Waals surface area contributed by atoms with E-state index in [1.54, 1.807) is 11.0 Å². The Morgan fingerprint density at radius 3 is 2.54 bits per heavy atom. The first-order valence-electron chi connectivity index (χ1n) is 8.26. The van der Waals surface area contributed by atoms with Gasteiger partial charge >= 0.3 is 0 Å². The number of likely N-dealkylation sites (N-methyl/N-ethyl adjacent to an activating group) is 1. The third-order valence-corrected chi connectivity index (χ3v) is 6.00. The average Bonchev–Trinajstić information content (AvgIpc) is 3.28. The number of anilines is 1. The minimum atomic E-state index is -0.354. The third-order valence-electron chi connectivity index (χ3n) is 4.10. The van der Waals surface area contributed by atoms with E-state index in [-0.39, 0.29) is 24.1 Å². The maximum Gasteiger partial charge on any atom is 0.270 e. The fraction of sp³-hybridized carbons (Fsp3) is 0.333. The number of hydrogen-bond acceptors (Lipinski definition) is 5. The minimum absolute atomic E-state index is 0. The number of rotatable bonds is 7. The maximum atomic E-state index is 14.0. The SMILES string of the molecule is CCN(CC)CCN(C(=O)c1cccs1)c1nc2c(F)cccc2s1.Cl. The van der Waals surface area contributed by atoms with Crippen LogP contribution in [0.3, 0.4) is 0 Å². The Morgan fingerprint density at radius 2 is 1.92 bits per heavy atom. The molecule has 1 amide bonds. The van der Waals surface area contributed by atoms with Gasteiger partial charge in [0, 0.05) is 13.1 Å². The number of aromatic nitrogens is 1. The molecule has 0 atom stereocenters. The van der Waals surface area contributed by atoms with Gasteiger partial charge in [-0.3, -0.25) is 9.69 Å². The van der Waals surface area contributed by atoms with Crippen molar-refractivity contribution in [2.45, 2.75) is 13.8 Å². The van der Waals surface area contributed by atoms with Crippen molar-refractivity contribution in [2.24, 2.45) is 0 Å². The second kappa shape index (κ2) is 9.41. The van der Waals surface area contributed by atoms with Crippen LogP contribution in [0.1, 0.15) is 23.5 Å². The molecule has 3 rings (SSSR count). The minimum Gasteiger partial charge on any atom is -0.302 e. The summed E-state index contributed by atoms with van der Waals surface area (Å²) in [6.07, 6.45) is 0. The van der Waals surface area contributed by atoms with Crippen molar-refractivity contribution < 1.29 is 9.18 Å². The summed E-state index contributed by atoms with van der Waals surface area (Å²) in [5.74, 6) is -0.436. The molecular weight excluding hydrogens is 393 g/mol. The first-order chi connectivity index (χ1) is 12.1. The summed E-state index contributed by atoms with van der Waals surface area (Å²) in [5.41, 5.74) is 0.328. The monoisotopic (exact) mass is 413 g/mol. The summed E-state index contributed by atoms with van der Waals surface area (Å²) in [5, 5.41) is 2.43. The van der Waals surface area contributed by atoms with Crippen LogP contribution < -0.4 is 4.90 Å². The number of nitrogens with zero attached hydrogens (tertiary/aromatic N) is 3. The molecule has 0 N–H and O–H groups in total. The molecule has 140 valence electrons. The van der Waals surface area contributed by atoms with Crippen molar-refractivity contribution in [3.05, 3.63) is 46.4 Å². The largest absolute Gasteiger partial charge is 0.302 e. The van der Waals surface area contributed by atoms with Crippen LogP contribution in [0.4, 0.5) is 9.52 Å². The van der Waals surface area contributed by atoms with Crippen molar-refractivity contribution >= 4 is 56.3 Å². The molecule has 1 aromatic carbocycles. The van der Waals surface area contributed by atoms with Gasteiger partial charge in [0.05, 0.1) is 9.58 Å². The second-order valence-corrected chi connectivity index (χ2v) is 7.50. The van der Waals surface area contributed by atoms with Gasteiger partial charge in [0.25, 0.3) is 5.91 Å². The van der Waals surface area contributed by atoms with Crippen LogP contribution in [-0.4, -0.2) is 42.0 Å². The van der Waals surface area contributed by atoms with Gasteiger partial charge in [0.1, 0.15) is 11.3 Å². The zero-order valence-electron chi connectivity index (χ0n) is 14.6. The van der Waals surface area contributed by atoms with E-state index < -0.39 is 0 Å². The van der Waals surface area contributed by atoms with Crippen LogP contribution in [0.2, 0.25) is 0 Å². The Labute approximate surface area is 166 Å². The Kier molecular flexibility index (Phi) is 7.52. The zero-order chi connectivity index (χ0) is 17.8. The van der Waals surface area contributed by atoms with E-state index in [0.717, 1.165) is 24.3 Å². The van der Waals surface area contributed by atoms with E-state index in [9.17, 15) is 9.18 Å². The van der Waals surface area contributed by atoms with Crippen LogP contribution in [-0.2, 0) is 0 Å². The van der Waals surface area contributed by atoms with Crippen molar-refractivity contribution in [2.75, 3.05) is 31.1 Å². The van der Waals surface area contributed by atoms with E-state index in [0.29, 0.717) is 22.1 Å². The summed E-state index contributed by atoms with van der Waals surface area (Å²) >= 11 is 2.76. The number of fused-ring (bicyclic) bond motifs is 1. The van der Waals surface area contributed by atoms with Gasteiger partial charge in [-0.05, 0) is 36.7 Å². The van der Waals surface area contributed by atoms with Crippen LogP contribution >= 0.6 is 35.1 Å². The Morgan fingerprint density at radius 1 is 1.15 bits per heavy atom. The summed E-state index contributed by atoms with van der Waals surface area (Å²) in [6.45, 7) is 7.32. The van der Waals surface area contributed by atoms with Crippen molar-refractivity contribution in [1.29, 1.82) is 0 Å². The van der Waals surface area contributed by atoms with Crippen molar-refractivity contribution in [3.63, 3.8) is 0 Å². The standard InChI is InChI=1S/C18H20FN3OS2.ClH/c1-3-21(4-2)10-11-22(17(23)15-9-6-12-24-15)18-20-16-13(19)7-5-8-14(16)25-18;/h5-9,12H,3-4,10-11H2,1-2H3;1H. The maximum absolute atomic E-state index is 14.0. The molecule has 0 bridgehead atoms. The average molecular weight is 414 g/mol. The summed E-state index contributed by atoms with van der Waals surface area (Å²) in [6, 6.07) is 8.57. The lowest BCUT2D eigenvalue weighted by Crippen LogP contribution is -2.38. The normalized spacial score (nSPS) is 10.9. The number of hydrogen-bond donors (Lipinski definition) is 0. The van der Waals surface area contributed by atoms with Crippen LogP contribution in [0, 0.1) is 5.82 Å². The lowest BCUT2D eigenvalue weighted by Gasteiger charge is -2.24. The molecule has 0 unspecified atom stereocenters. The fourth-order valence-electron chi connectivity index (χ4n) is 2.62. The summed E-state index contributed by atoms with van der Waals surface area (Å²) < 4.78 is 14.7. The first kappa shape index (κ1) is 20.8. The van der Waals surface area contributed by atoms with E-state index in [1.807, 2.05) is 23.6 Å². The molecule has 0 aliphatic carbocycles. The fourth-order valence-corrected chi connectivity index (χ4v) is 4.29. The molecule has 4 nitrogen and oxygen atoms in total. The molecule has 26 heavy (non-hydrogen) atoms. The molecule has 0 spiro atoms. The molecule has 8 heteroatoms. The van der Waals surface area contributed by atoms with Gasteiger partial charge in [-0.1, -0.05) is 37.3 Å². The molecule has 0 radical (unpaired) electrons. The molecule has 0 saturated carbocycles. The molecule has 0 aliphatic heterocycles. The molecule has 3 aromatic rings. The van der Waals surface area contributed by atoms with Gasteiger partial charge in [-0.25, -0.2) is 9.37 Å². The van der Waals surface area contributed by atoms with E-state index >= 15 is 0 Å².